The summed E-state index contributed by atoms with van der Waals surface area (Å²) in [5, 5.41) is 1.20. The molecule has 0 unspecified atom stereocenters. The van der Waals surface area contributed by atoms with Crippen LogP contribution in [0.25, 0.3) is 10.9 Å². The first-order valence-corrected chi connectivity index (χ1v) is 5.72. The normalized spacial score (nSPS) is 15.4. The summed E-state index contributed by atoms with van der Waals surface area (Å²) in [7, 11) is 1.70. The van der Waals surface area contributed by atoms with E-state index in [-0.39, 0.29) is 0 Å². The molecule has 0 atom stereocenters. The van der Waals surface area contributed by atoms with Crippen molar-refractivity contribution in [2.45, 2.75) is 25.7 Å². The molecular weight excluding hydrogens is 198 g/mol. The molecule has 2 aromatic rings. The van der Waals surface area contributed by atoms with Gasteiger partial charge in [0.1, 0.15) is 11.3 Å². The lowest BCUT2D eigenvalue weighted by Crippen LogP contribution is -1.91. The summed E-state index contributed by atoms with van der Waals surface area (Å²) in [6.45, 7) is 2.09. The van der Waals surface area contributed by atoms with Gasteiger partial charge in [0.2, 0.25) is 0 Å². The average molecular weight is 213 g/mol. The van der Waals surface area contributed by atoms with Crippen molar-refractivity contribution in [2.24, 2.45) is 0 Å². The lowest BCUT2D eigenvalue weighted by molar-refractivity contribution is 0.418. The summed E-state index contributed by atoms with van der Waals surface area (Å²) in [5.74, 6) is 1.63. The lowest BCUT2D eigenvalue weighted by atomic mass is 10.1. The molecule has 16 heavy (non-hydrogen) atoms. The highest BCUT2D eigenvalue weighted by Gasteiger charge is 2.24. The number of hydrogen-bond donors (Lipinski definition) is 0. The van der Waals surface area contributed by atoms with Gasteiger partial charge in [0, 0.05) is 11.6 Å². The molecule has 2 heteroatoms. The van der Waals surface area contributed by atoms with Gasteiger partial charge in [0.15, 0.2) is 0 Å². The number of aromatic nitrogens is 1. The van der Waals surface area contributed by atoms with E-state index in [2.05, 4.69) is 24.0 Å². The minimum Gasteiger partial charge on any atom is -0.494 e. The first kappa shape index (κ1) is 9.64. The second kappa shape index (κ2) is 3.48. The number of pyridine rings is 1. The van der Waals surface area contributed by atoms with Crippen LogP contribution in [0, 0.1) is 6.92 Å². The predicted molar refractivity (Wildman–Crippen MR) is 65.0 cm³/mol. The van der Waals surface area contributed by atoms with Crippen molar-refractivity contribution in [1.29, 1.82) is 0 Å². The van der Waals surface area contributed by atoms with Crippen molar-refractivity contribution >= 4 is 10.9 Å². The van der Waals surface area contributed by atoms with E-state index < -0.39 is 0 Å². The number of aryl methyl sites for hydroxylation is 1. The molecule has 0 radical (unpaired) electrons. The number of fused-ring (bicyclic) bond motifs is 1. The fourth-order valence-corrected chi connectivity index (χ4v) is 2.17. The molecule has 3 rings (SSSR count). The number of benzene rings is 1. The Balaban J connectivity index is 2.22. The van der Waals surface area contributed by atoms with E-state index in [0.717, 1.165) is 17.2 Å². The van der Waals surface area contributed by atoms with Crippen LogP contribution in [0.15, 0.2) is 24.4 Å². The minimum atomic E-state index is 0.753. The Morgan fingerprint density at radius 3 is 2.75 bits per heavy atom. The van der Waals surface area contributed by atoms with Gasteiger partial charge >= 0.3 is 0 Å². The van der Waals surface area contributed by atoms with Gasteiger partial charge in [0.05, 0.1) is 7.11 Å². The van der Waals surface area contributed by atoms with Crippen LogP contribution in [0.1, 0.15) is 29.9 Å². The van der Waals surface area contributed by atoms with Crippen molar-refractivity contribution in [3.63, 3.8) is 0 Å². The standard InChI is InChI=1S/C14H15NO/c1-9-5-11-7-12(10-3-4-10)8-15-14(11)13(6-9)16-2/h5-8,10H,3-4H2,1-2H3. The third-order valence-electron chi connectivity index (χ3n) is 3.18. The fraction of sp³-hybridized carbons (Fsp3) is 0.357. The van der Waals surface area contributed by atoms with Gasteiger partial charge < -0.3 is 4.74 Å². The van der Waals surface area contributed by atoms with Gasteiger partial charge in [-0.3, -0.25) is 4.98 Å². The third kappa shape index (κ3) is 1.54. The van der Waals surface area contributed by atoms with E-state index in [1.807, 2.05) is 12.3 Å². The van der Waals surface area contributed by atoms with Gasteiger partial charge in [-0.05, 0) is 55.0 Å². The molecule has 1 aromatic heterocycles. The van der Waals surface area contributed by atoms with Crippen LogP contribution in [0.5, 0.6) is 5.75 Å². The summed E-state index contributed by atoms with van der Waals surface area (Å²) >= 11 is 0. The summed E-state index contributed by atoms with van der Waals surface area (Å²) in [6, 6.07) is 6.47. The van der Waals surface area contributed by atoms with E-state index in [1.54, 1.807) is 7.11 Å². The van der Waals surface area contributed by atoms with Crippen LogP contribution in [-0.2, 0) is 0 Å². The molecule has 0 spiro atoms. The first-order chi connectivity index (χ1) is 7.78. The van der Waals surface area contributed by atoms with E-state index >= 15 is 0 Å². The number of ether oxygens (including phenoxy) is 1. The van der Waals surface area contributed by atoms with Gasteiger partial charge in [-0.15, -0.1) is 0 Å². The average Bonchev–Trinajstić information content (AvgIpc) is 3.10. The molecule has 1 fully saturated rings. The van der Waals surface area contributed by atoms with Gasteiger partial charge in [-0.2, -0.15) is 0 Å². The third-order valence-corrected chi connectivity index (χ3v) is 3.18. The SMILES string of the molecule is COc1cc(C)cc2cc(C3CC3)cnc12. The minimum absolute atomic E-state index is 0.753. The van der Waals surface area contributed by atoms with E-state index in [0.29, 0.717) is 0 Å². The van der Waals surface area contributed by atoms with Crippen molar-refractivity contribution in [2.75, 3.05) is 7.11 Å². The van der Waals surface area contributed by atoms with E-state index in [4.69, 9.17) is 4.74 Å². The first-order valence-electron chi connectivity index (χ1n) is 5.72. The molecular formula is C14H15NO. The number of nitrogens with zero attached hydrogens (tertiary/aromatic N) is 1. The topological polar surface area (TPSA) is 22.1 Å². The molecule has 1 aliphatic rings. The van der Waals surface area contributed by atoms with Crippen molar-refractivity contribution in [1.82, 2.24) is 4.98 Å². The molecule has 0 N–H and O–H groups in total. The summed E-state index contributed by atoms with van der Waals surface area (Å²) in [5.41, 5.74) is 3.57. The molecule has 1 aromatic carbocycles. The Labute approximate surface area is 95.3 Å². The zero-order valence-corrected chi connectivity index (χ0v) is 9.66. The van der Waals surface area contributed by atoms with Gasteiger partial charge in [0.25, 0.3) is 0 Å². The zero-order valence-electron chi connectivity index (χ0n) is 9.66. The van der Waals surface area contributed by atoms with Gasteiger partial charge in [-0.25, -0.2) is 0 Å². The molecule has 1 saturated carbocycles. The highest BCUT2D eigenvalue weighted by Crippen LogP contribution is 2.41. The van der Waals surface area contributed by atoms with E-state index in [1.165, 1.54) is 29.4 Å². The monoisotopic (exact) mass is 213 g/mol. The van der Waals surface area contributed by atoms with Crippen molar-refractivity contribution in [3.05, 3.63) is 35.5 Å². The summed E-state index contributed by atoms with van der Waals surface area (Å²) < 4.78 is 5.36. The lowest BCUT2D eigenvalue weighted by Gasteiger charge is -2.07. The number of methoxy groups -OCH3 is 1. The van der Waals surface area contributed by atoms with Crippen LogP contribution in [0.4, 0.5) is 0 Å². The zero-order chi connectivity index (χ0) is 11.1. The highest BCUT2D eigenvalue weighted by molar-refractivity contribution is 5.85. The summed E-state index contributed by atoms with van der Waals surface area (Å²) in [4.78, 5) is 4.53. The highest BCUT2D eigenvalue weighted by atomic mass is 16.5. The van der Waals surface area contributed by atoms with Crippen molar-refractivity contribution in [3.8, 4) is 5.75 Å². The largest absolute Gasteiger partial charge is 0.494 e. The molecule has 82 valence electrons. The second-order valence-corrected chi connectivity index (χ2v) is 4.58. The Kier molecular flexibility index (Phi) is 2.10. The molecule has 0 saturated heterocycles. The maximum absolute atomic E-state index is 5.36. The predicted octanol–water partition coefficient (Wildman–Crippen LogP) is 3.43. The van der Waals surface area contributed by atoms with Crippen LogP contribution in [0.2, 0.25) is 0 Å². The molecule has 1 heterocycles. The Hall–Kier alpha value is -1.57. The Morgan fingerprint density at radius 1 is 1.25 bits per heavy atom. The maximum Gasteiger partial charge on any atom is 0.145 e. The smallest absolute Gasteiger partial charge is 0.145 e. The number of hydrogen-bond acceptors (Lipinski definition) is 2. The molecule has 1 aliphatic carbocycles. The fourth-order valence-electron chi connectivity index (χ4n) is 2.17. The van der Waals surface area contributed by atoms with Crippen LogP contribution < -0.4 is 4.74 Å². The summed E-state index contributed by atoms with van der Waals surface area (Å²) in [6.07, 6.45) is 4.63. The maximum atomic E-state index is 5.36. The second-order valence-electron chi connectivity index (χ2n) is 4.58. The van der Waals surface area contributed by atoms with Crippen LogP contribution in [0.3, 0.4) is 0 Å². The molecule has 2 nitrogen and oxygen atoms in total. The molecule has 0 aliphatic heterocycles. The van der Waals surface area contributed by atoms with Crippen LogP contribution >= 0.6 is 0 Å². The van der Waals surface area contributed by atoms with E-state index in [9.17, 15) is 0 Å². The quantitative estimate of drug-likeness (QED) is 0.762. The number of rotatable bonds is 2. The Bertz CT molecular complexity index is 544. The molecule has 0 bridgehead atoms. The van der Waals surface area contributed by atoms with Crippen LogP contribution in [-0.4, -0.2) is 12.1 Å². The van der Waals surface area contributed by atoms with Gasteiger partial charge in [-0.1, -0.05) is 0 Å². The molecule has 0 amide bonds. The van der Waals surface area contributed by atoms with Crippen molar-refractivity contribution < 1.29 is 4.74 Å². The Morgan fingerprint density at radius 2 is 2.06 bits per heavy atom.